The van der Waals surface area contributed by atoms with Gasteiger partial charge in [0.05, 0.1) is 6.04 Å². The predicted molar refractivity (Wildman–Crippen MR) is 128 cm³/mol. The Morgan fingerprint density at radius 3 is 1.91 bits per heavy atom. The van der Waals surface area contributed by atoms with E-state index >= 15 is 0 Å². The quantitative estimate of drug-likeness (QED) is 0.580. The van der Waals surface area contributed by atoms with Crippen molar-refractivity contribution in [3.8, 4) is 0 Å². The SMILES string of the molecule is CC(C)c1ccc(N2CCN(CC(=O)NC(c3ccccc3)c3ccccc3)C2=O)cc1. The van der Waals surface area contributed by atoms with E-state index in [9.17, 15) is 9.59 Å². The lowest BCUT2D eigenvalue weighted by Gasteiger charge is -2.22. The molecule has 0 spiro atoms. The third kappa shape index (κ3) is 4.83. The number of anilines is 1. The Kier molecular flexibility index (Phi) is 6.55. The Balaban J connectivity index is 1.43. The van der Waals surface area contributed by atoms with E-state index in [0.29, 0.717) is 19.0 Å². The molecule has 1 fully saturated rings. The Morgan fingerprint density at radius 2 is 1.38 bits per heavy atom. The van der Waals surface area contributed by atoms with Crippen LogP contribution in [0.1, 0.15) is 42.5 Å². The maximum Gasteiger partial charge on any atom is 0.325 e. The first-order valence-corrected chi connectivity index (χ1v) is 11.1. The molecule has 5 heteroatoms. The minimum atomic E-state index is -0.262. The number of benzene rings is 3. The van der Waals surface area contributed by atoms with Crippen molar-refractivity contribution in [1.82, 2.24) is 10.2 Å². The molecular formula is C27H29N3O2. The first-order valence-electron chi connectivity index (χ1n) is 11.1. The standard InChI is InChI=1S/C27H29N3O2/c1-20(2)21-13-15-24(16-14-21)30-18-17-29(27(30)32)19-25(31)28-26(22-9-5-3-6-10-22)23-11-7-4-8-12-23/h3-16,20,26H,17-19H2,1-2H3,(H,28,31). The minimum Gasteiger partial charge on any atom is -0.344 e. The molecule has 1 saturated heterocycles. The van der Waals surface area contributed by atoms with Crippen molar-refractivity contribution < 1.29 is 9.59 Å². The molecule has 1 heterocycles. The van der Waals surface area contributed by atoms with Crippen LogP contribution in [0.25, 0.3) is 0 Å². The molecule has 1 N–H and O–H groups in total. The highest BCUT2D eigenvalue weighted by Gasteiger charge is 2.31. The van der Waals surface area contributed by atoms with Crippen LogP contribution in [0.15, 0.2) is 84.9 Å². The fourth-order valence-corrected chi connectivity index (χ4v) is 4.04. The summed E-state index contributed by atoms with van der Waals surface area (Å²) in [7, 11) is 0. The van der Waals surface area contributed by atoms with Crippen LogP contribution in [0.4, 0.5) is 10.5 Å². The predicted octanol–water partition coefficient (Wildman–Crippen LogP) is 4.96. The zero-order chi connectivity index (χ0) is 22.5. The van der Waals surface area contributed by atoms with E-state index < -0.39 is 0 Å². The molecule has 32 heavy (non-hydrogen) atoms. The van der Waals surface area contributed by atoms with Crippen LogP contribution >= 0.6 is 0 Å². The normalized spacial score (nSPS) is 13.8. The van der Waals surface area contributed by atoms with E-state index in [0.717, 1.165) is 16.8 Å². The number of amides is 3. The molecule has 164 valence electrons. The summed E-state index contributed by atoms with van der Waals surface area (Å²) in [4.78, 5) is 29.2. The second-order valence-corrected chi connectivity index (χ2v) is 8.42. The molecule has 5 nitrogen and oxygen atoms in total. The Hall–Kier alpha value is -3.60. The molecule has 1 aliphatic rings. The van der Waals surface area contributed by atoms with E-state index in [1.54, 1.807) is 9.80 Å². The molecule has 0 bridgehead atoms. The lowest BCUT2D eigenvalue weighted by Crippen LogP contribution is -2.41. The lowest BCUT2D eigenvalue weighted by molar-refractivity contribution is -0.122. The number of urea groups is 1. The Morgan fingerprint density at radius 1 is 0.812 bits per heavy atom. The molecule has 0 unspecified atom stereocenters. The van der Waals surface area contributed by atoms with E-state index in [1.807, 2.05) is 72.8 Å². The molecule has 0 radical (unpaired) electrons. The first-order chi connectivity index (χ1) is 15.5. The van der Waals surface area contributed by atoms with Crippen molar-refractivity contribution in [1.29, 1.82) is 0 Å². The summed E-state index contributed by atoms with van der Waals surface area (Å²) in [5.74, 6) is 0.272. The highest BCUT2D eigenvalue weighted by Crippen LogP contribution is 2.24. The topological polar surface area (TPSA) is 52.6 Å². The number of carbonyl (C=O) groups excluding carboxylic acids is 2. The van der Waals surface area contributed by atoms with Crippen LogP contribution in [0, 0.1) is 0 Å². The molecule has 0 atom stereocenters. The van der Waals surface area contributed by atoms with Gasteiger partial charge < -0.3 is 10.2 Å². The fraction of sp³-hybridized carbons (Fsp3) is 0.259. The van der Waals surface area contributed by atoms with Gasteiger partial charge >= 0.3 is 6.03 Å². The number of nitrogens with one attached hydrogen (secondary N) is 1. The average molecular weight is 428 g/mol. The molecule has 0 aromatic heterocycles. The number of hydrogen-bond donors (Lipinski definition) is 1. The van der Waals surface area contributed by atoms with Crippen molar-refractivity contribution >= 4 is 17.6 Å². The maximum atomic E-state index is 13.0. The van der Waals surface area contributed by atoms with Gasteiger partial charge in [0.2, 0.25) is 5.91 Å². The number of rotatable bonds is 7. The lowest BCUT2D eigenvalue weighted by atomic mass is 9.99. The van der Waals surface area contributed by atoms with Gasteiger partial charge in [-0.05, 0) is 34.7 Å². The molecular weight excluding hydrogens is 398 g/mol. The van der Waals surface area contributed by atoms with Crippen LogP contribution in [-0.2, 0) is 4.79 Å². The second kappa shape index (κ2) is 9.69. The van der Waals surface area contributed by atoms with Crippen molar-refractivity contribution in [2.24, 2.45) is 0 Å². The number of hydrogen-bond acceptors (Lipinski definition) is 2. The van der Waals surface area contributed by atoms with Gasteiger partial charge in [0.15, 0.2) is 0 Å². The largest absolute Gasteiger partial charge is 0.344 e. The molecule has 1 aliphatic heterocycles. The summed E-state index contributed by atoms with van der Waals surface area (Å²) in [5, 5.41) is 3.12. The third-order valence-corrected chi connectivity index (χ3v) is 5.87. The summed E-state index contributed by atoms with van der Waals surface area (Å²) in [5.41, 5.74) is 4.12. The maximum absolute atomic E-state index is 13.0. The van der Waals surface area contributed by atoms with E-state index in [2.05, 4.69) is 31.3 Å². The molecule has 3 aromatic rings. The summed E-state index contributed by atoms with van der Waals surface area (Å²) in [6, 6.07) is 27.5. The number of nitrogens with zero attached hydrogens (tertiary/aromatic N) is 2. The van der Waals surface area contributed by atoms with Crippen molar-refractivity contribution in [2.45, 2.75) is 25.8 Å². The van der Waals surface area contributed by atoms with Crippen LogP contribution in [0.2, 0.25) is 0 Å². The van der Waals surface area contributed by atoms with Crippen molar-refractivity contribution in [2.75, 3.05) is 24.5 Å². The molecule has 3 aromatic carbocycles. The van der Waals surface area contributed by atoms with Crippen molar-refractivity contribution in [3.63, 3.8) is 0 Å². The average Bonchev–Trinajstić information content (AvgIpc) is 3.18. The number of carbonyl (C=O) groups is 2. The Bertz CT molecular complexity index is 1010. The molecule has 3 amide bonds. The minimum absolute atomic E-state index is 0.0373. The smallest absolute Gasteiger partial charge is 0.325 e. The van der Waals surface area contributed by atoms with Crippen LogP contribution < -0.4 is 10.2 Å². The summed E-state index contributed by atoms with van der Waals surface area (Å²) in [6.07, 6.45) is 0. The van der Waals surface area contributed by atoms with E-state index in [4.69, 9.17) is 0 Å². The van der Waals surface area contributed by atoms with Crippen LogP contribution in [0.3, 0.4) is 0 Å². The highest BCUT2D eigenvalue weighted by atomic mass is 16.2. The van der Waals surface area contributed by atoms with Gasteiger partial charge in [0.25, 0.3) is 0 Å². The summed E-state index contributed by atoms with van der Waals surface area (Å²) < 4.78 is 0. The summed E-state index contributed by atoms with van der Waals surface area (Å²) in [6.45, 7) is 5.44. The van der Waals surface area contributed by atoms with E-state index in [1.165, 1.54) is 5.56 Å². The highest BCUT2D eigenvalue weighted by molar-refractivity contribution is 5.96. The van der Waals surface area contributed by atoms with Crippen molar-refractivity contribution in [3.05, 3.63) is 102 Å². The molecule has 4 rings (SSSR count). The summed E-state index contributed by atoms with van der Waals surface area (Å²) >= 11 is 0. The monoisotopic (exact) mass is 427 g/mol. The zero-order valence-corrected chi connectivity index (χ0v) is 18.6. The van der Waals surface area contributed by atoms with Gasteiger partial charge in [-0.25, -0.2) is 4.79 Å². The zero-order valence-electron chi connectivity index (χ0n) is 18.6. The van der Waals surface area contributed by atoms with E-state index in [-0.39, 0.29) is 24.5 Å². The molecule has 0 saturated carbocycles. The second-order valence-electron chi connectivity index (χ2n) is 8.42. The Labute approximate surface area is 189 Å². The first kappa shape index (κ1) is 21.6. The van der Waals surface area contributed by atoms with Gasteiger partial charge in [-0.1, -0.05) is 86.6 Å². The van der Waals surface area contributed by atoms with Crippen LogP contribution in [-0.4, -0.2) is 36.5 Å². The van der Waals surface area contributed by atoms with Crippen LogP contribution in [0.5, 0.6) is 0 Å². The van der Waals surface area contributed by atoms with Gasteiger partial charge in [-0.3, -0.25) is 9.69 Å². The van der Waals surface area contributed by atoms with Gasteiger partial charge in [-0.2, -0.15) is 0 Å². The fourth-order valence-electron chi connectivity index (χ4n) is 4.04. The van der Waals surface area contributed by atoms with Gasteiger partial charge in [0, 0.05) is 18.8 Å². The van der Waals surface area contributed by atoms with Gasteiger partial charge in [-0.15, -0.1) is 0 Å². The van der Waals surface area contributed by atoms with Gasteiger partial charge in [0.1, 0.15) is 6.54 Å². The molecule has 0 aliphatic carbocycles. The third-order valence-electron chi connectivity index (χ3n) is 5.87.